The summed E-state index contributed by atoms with van der Waals surface area (Å²) in [5.41, 5.74) is 0. The van der Waals surface area contributed by atoms with E-state index in [0.29, 0.717) is 0 Å². The highest BCUT2D eigenvalue weighted by molar-refractivity contribution is 6.67. The average molecular weight is 182 g/mol. The normalized spacial score (nSPS) is 9.23. The van der Waals surface area contributed by atoms with Gasteiger partial charge in [-0.3, -0.25) is 0 Å². The molecule has 0 saturated heterocycles. The van der Waals surface area contributed by atoms with E-state index in [1.54, 1.807) is 0 Å². The molecule has 0 amide bonds. The minimum atomic E-state index is 0.777. The van der Waals surface area contributed by atoms with Gasteiger partial charge in [-0.05, 0) is 0 Å². The van der Waals surface area contributed by atoms with Gasteiger partial charge in [0.25, 0.3) is 0 Å². The fraction of sp³-hybridized carbons (Fsp3) is 0. The van der Waals surface area contributed by atoms with Crippen LogP contribution in [0.25, 0.3) is 0 Å². The molecule has 1 heteroatoms. The minimum absolute atomic E-state index is 0.777. The van der Waals surface area contributed by atoms with Crippen LogP contribution in [0.15, 0.2) is 60.7 Å². The Labute approximate surface area is 81.1 Å². The van der Waals surface area contributed by atoms with E-state index in [-0.39, 0.29) is 0 Å². The summed E-state index contributed by atoms with van der Waals surface area (Å²) < 4.78 is 0. The van der Waals surface area contributed by atoms with Crippen LogP contribution in [-0.2, 0) is 0 Å². The Bertz CT molecular complexity index is 316. The summed E-state index contributed by atoms with van der Waals surface area (Å²) in [5.74, 6) is 0. The quantitative estimate of drug-likeness (QED) is 0.615. The minimum Gasteiger partial charge on any atom is -0.0618 e. The standard InChI is InChI=1S/C12H10Si/c1-3-7-11(8-4-1)13-12-9-5-2-6-10-12/h1-10H/q+2. The molecule has 0 atom stereocenters. The number of hydrogen-bond acceptors (Lipinski definition) is 0. The van der Waals surface area contributed by atoms with Crippen molar-refractivity contribution in [3.05, 3.63) is 60.7 Å². The van der Waals surface area contributed by atoms with Gasteiger partial charge in [0.15, 0.2) is 0 Å². The first-order valence-electron chi connectivity index (χ1n) is 4.32. The molecule has 2 aromatic carbocycles. The second-order valence-electron chi connectivity index (χ2n) is 2.86. The van der Waals surface area contributed by atoms with Gasteiger partial charge in [-0.1, -0.05) is 36.4 Å². The van der Waals surface area contributed by atoms with Crippen LogP contribution in [0.2, 0.25) is 0 Å². The SMILES string of the molecule is c1ccc([Si+2]c2ccccc2)cc1. The third-order valence-electron chi connectivity index (χ3n) is 1.84. The van der Waals surface area contributed by atoms with Crippen molar-refractivity contribution in [1.29, 1.82) is 0 Å². The van der Waals surface area contributed by atoms with E-state index in [1.165, 1.54) is 10.4 Å². The fourth-order valence-electron chi connectivity index (χ4n) is 1.21. The molecule has 0 aliphatic carbocycles. The van der Waals surface area contributed by atoms with E-state index in [0.717, 1.165) is 9.52 Å². The van der Waals surface area contributed by atoms with Gasteiger partial charge in [-0.25, -0.2) is 0 Å². The zero-order chi connectivity index (χ0) is 8.93. The van der Waals surface area contributed by atoms with Crippen LogP contribution < -0.4 is 10.4 Å². The van der Waals surface area contributed by atoms with Gasteiger partial charge in [0, 0.05) is 24.3 Å². The molecule has 60 valence electrons. The Hall–Kier alpha value is -1.34. The Morgan fingerprint density at radius 1 is 0.538 bits per heavy atom. The molecular formula is C12H10Si+2. The predicted octanol–water partition coefficient (Wildman–Crippen LogP) is 1.34. The van der Waals surface area contributed by atoms with Crippen LogP contribution in [0.4, 0.5) is 0 Å². The third kappa shape index (κ3) is 2.29. The Balaban J connectivity index is 2.16. The maximum Gasteiger partial charge on any atom is 1.01 e. The van der Waals surface area contributed by atoms with Crippen molar-refractivity contribution in [1.82, 2.24) is 0 Å². The van der Waals surface area contributed by atoms with Gasteiger partial charge in [-0.15, -0.1) is 0 Å². The van der Waals surface area contributed by atoms with Gasteiger partial charge in [0.05, 0.1) is 0 Å². The number of hydrogen-bond donors (Lipinski definition) is 0. The summed E-state index contributed by atoms with van der Waals surface area (Å²) in [5, 5.41) is 2.79. The molecule has 0 bridgehead atoms. The largest absolute Gasteiger partial charge is 1.01 e. The topological polar surface area (TPSA) is 0 Å². The Kier molecular flexibility index (Phi) is 2.58. The van der Waals surface area contributed by atoms with Crippen LogP contribution in [-0.4, -0.2) is 9.52 Å². The lowest BCUT2D eigenvalue weighted by Gasteiger charge is -1.74. The first-order chi connectivity index (χ1) is 6.45. The van der Waals surface area contributed by atoms with Crippen LogP contribution in [0.1, 0.15) is 0 Å². The van der Waals surface area contributed by atoms with Crippen LogP contribution in [0.3, 0.4) is 0 Å². The van der Waals surface area contributed by atoms with Gasteiger partial charge < -0.3 is 0 Å². The van der Waals surface area contributed by atoms with Gasteiger partial charge in [-0.2, -0.15) is 0 Å². The fourth-order valence-corrected chi connectivity index (χ4v) is 2.26. The van der Waals surface area contributed by atoms with Gasteiger partial charge in [0.2, 0.25) is 0 Å². The zero-order valence-corrected chi connectivity index (χ0v) is 8.27. The first-order valence-corrected chi connectivity index (χ1v) is 5.32. The third-order valence-corrected chi connectivity index (χ3v) is 3.08. The van der Waals surface area contributed by atoms with Crippen LogP contribution >= 0.6 is 0 Å². The molecule has 0 fully saturated rings. The molecule has 0 nitrogen and oxygen atoms in total. The summed E-state index contributed by atoms with van der Waals surface area (Å²) in [7, 11) is 0.777. The first kappa shape index (κ1) is 8.26. The van der Waals surface area contributed by atoms with E-state index < -0.39 is 0 Å². The van der Waals surface area contributed by atoms with E-state index in [9.17, 15) is 0 Å². The highest BCUT2D eigenvalue weighted by Gasteiger charge is 2.41. The lowest BCUT2D eigenvalue weighted by Crippen LogP contribution is -2.26. The maximum atomic E-state index is 2.17. The number of benzene rings is 2. The molecule has 0 spiro atoms. The van der Waals surface area contributed by atoms with E-state index in [4.69, 9.17) is 0 Å². The highest BCUT2D eigenvalue weighted by Crippen LogP contribution is 1.84. The zero-order valence-electron chi connectivity index (χ0n) is 7.27. The van der Waals surface area contributed by atoms with Crippen molar-refractivity contribution >= 4 is 19.9 Å². The molecule has 13 heavy (non-hydrogen) atoms. The molecule has 0 N–H and O–H groups in total. The van der Waals surface area contributed by atoms with E-state index in [1.807, 2.05) is 0 Å². The monoisotopic (exact) mass is 182 g/mol. The van der Waals surface area contributed by atoms with E-state index >= 15 is 0 Å². The van der Waals surface area contributed by atoms with Crippen LogP contribution in [0, 0.1) is 0 Å². The van der Waals surface area contributed by atoms with Gasteiger partial charge in [0.1, 0.15) is 0 Å². The van der Waals surface area contributed by atoms with Crippen LogP contribution in [0.5, 0.6) is 0 Å². The van der Waals surface area contributed by atoms with Crippen molar-refractivity contribution in [3.8, 4) is 0 Å². The molecule has 0 aliphatic heterocycles. The molecular weight excluding hydrogens is 172 g/mol. The lowest BCUT2D eigenvalue weighted by molar-refractivity contribution is 1.75. The maximum absolute atomic E-state index is 2.17. The summed E-state index contributed by atoms with van der Waals surface area (Å²) >= 11 is 0. The Morgan fingerprint density at radius 2 is 0.923 bits per heavy atom. The van der Waals surface area contributed by atoms with Crippen molar-refractivity contribution in [2.24, 2.45) is 0 Å². The smallest absolute Gasteiger partial charge is 0.0618 e. The molecule has 0 aliphatic rings. The van der Waals surface area contributed by atoms with Crippen molar-refractivity contribution < 1.29 is 0 Å². The second kappa shape index (κ2) is 4.05. The number of rotatable bonds is 2. The second-order valence-corrected chi connectivity index (χ2v) is 4.26. The van der Waals surface area contributed by atoms with Crippen molar-refractivity contribution in [2.75, 3.05) is 0 Å². The lowest BCUT2D eigenvalue weighted by atomic mass is 10.4. The summed E-state index contributed by atoms with van der Waals surface area (Å²) in [6, 6.07) is 21.2. The Morgan fingerprint density at radius 3 is 1.31 bits per heavy atom. The average Bonchev–Trinajstić information content (AvgIpc) is 2.21. The summed E-state index contributed by atoms with van der Waals surface area (Å²) in [6.45, 7) is 0. The molecule has 2 aromatic rings. The van der Waals surface area contributed by atoms with Crippen molar-refractivity contribution in [2.45, 2.75) is 0 Å². The summed E-state index contributed by atoms with van der Waals surface area (Å²) in [6.07, 6.45) is 0. The summed E-state index contributed by atoms with van der Waals surface area (Å²) in [4.78, 5) is 0. The highest BCUT2D eigenvalue weighted by atomic mass is 28.2. The predicted molar refractivity (Wildman–Crippen MR) is 57.9 cm³/mol. The molecule has 0 heterocycles. The molecule has 0 unspecified atom stereocenters. The van der Waals surface area contributed by atoms with Gasteiger partial charge >= 0.3 is 19.9 Å². The molecule has 0 radical (unpaired) electrons. The van der Waals surface area contributed by atoms with Crippen molar-refractivity contribution in [3.63, 3.8) is 0 Å². The molecule has 2 rings (SSSR count). The van der Waals surface area contributed by atoms with E-state index in [2.05, 4.69) is 60.7 Å². The molecule has 0 aromatic heterocycles. The molecule has 0 saturated carbocycles.